The molecule has 2 aliphatic carbocycles. The van der Waals surface area contributed by atoms with Gasteiger partial charge in [-0.1, -0.05) is 219 Å². The first-order valence-electron chi connectivity index (χ1n) is 29.8. The van der Waals surface area contributed by atoms with Crippen molar-refractivity contribution in [2.45, 2.75) is 5.41 Å². The monoisotopic (exact) mass is 1130 g/mol. The van der Waals surface area contributed by atoms with Gasteiger partial charge in [-0.05, 0) is 175 Å². The molecule has 0 aliphatic heterocycles. The van der Waals surface area contributed by atoms with Crippen LogP contribution in [0.3, 0.4) is 0 Å². The van der Waals surface area contributed by atoms with Gasteiger partial charge in [0.1, 0.15) is 0 Å². The van der Waals surface area contributed by atoms with E-state index in [1.165, 1.54) is 86.2 Å². The molecule has 0 N–H and O–H groups in total. The smallest absolute Gasteiger partial charge is 0.0725 e. The Morgan fingerprint density at radius 1 is 0.264 bits per heavy atom. The summed E-state index contributed by atoms with van der Waals surface area (Å²) in [6, 6.07) is 110. The number of fused-ring (bicyclic) bond motifs is 17. The highest BCUT2D eigenvalue weighted by Crippen LogP contribution is 2.63. The van der Waals surface area contributed by atoms with Crippen molar-refractivity contribution in [3.05, 3.63) is 344 Å². The van der Waals surface area contributed by atoms with Gasteiger partial charge in [-0.25, -0.2) is 0 Å². The first kappa shape index (κ1) is 50.5. The Hall–Kier alpha value is -11.0. The molecule has 0 unspecified atom stereocenters. The van der Waals surface area contributed by atoms with Gasteiger partial charge in [-0.15, -0.1) is 11.3 Å². The predicted octanol–water partition coefficient (Wildman–Crippen LogP) is 23.6. The standard InChI is InChI=1S/C83H55N3S/c1-3-54-22-20-27-58(48-54)84(57-25-6-5-7-26-57)60-41-46-81-72(52-60)73-53-62(42-47-82(73)87-81)86(80-50-56-24-8-9-29-63(56)64-30-10-11-34-68(64)80)79-45-44-78(69-35-12-13-36-70(69)79)85(59-28-21-23-55(4-2)49-59)61-40-43-77-71(51-61)67-33-16-19-39-76(67)83(77)74-37-17-14-31-65(74)66-32-15-18-38-75(66)83/h3-53H,1-2H2. The molecule has 408 valence electrons. The summed E-state index contributed by atoms with van der Waals surface area (Å²) < 4.78 is 2.47. The summed E-state index contributed by atoms with van der Waals surface area (Å²) in [7, 11) is 0. The fraction of sp³-hybridized carbons (Fsp3) is 0.0120. The Kier molecular flexibility index (Phi) is 11.6. The lowest BCUT2D eigenvalue weighted by atomic mass is 9.70. The number of para-hydroxylation sites is 1. The molecule has 1 heterocycles. The maximum absolute atomic E-state index is 4.25. The van der Waals surface area contributed by atoms with E-state index in [0.717, 1.165) is 73.1 Å². The van der Waals surface area contributed by atoms with Crippen molar-refractivity contribution in [1.82, 2.24) is 0 Å². The maximum Gasteiger partial charge on any atom is 0.0725 e. The molecule has 1 aromatic heterocycles. The van der Waals surface area contributed by atoms with Crippen LogP contribution in [0.2, 0.25) is 0 Å². The van der Waals surface area contributed by atoms with Gasteiger partial charge in [-0.2, -0.15) is 0 Å². The van der Waals surface area contributed by atoms with E-state index in [1.54, 1.807) is 0 Å². The molecule has 87 heavy (non-hydrogen) atoms. The number of hydrogen-bond donors (Lipinski definition) is 0. The molecule has 15 aromatic rings. The Morgan fingerprint density at radius 3 is 1.29 bits per heavy atom. The SMILES string of the molecule is C=Cc1cccc(N(c2ccccc2)c2ccc3sc4ccc(N(c5ccc(N(c6cccc(C=C)c6)c6ccc7c(c6)-c6ccccc6C76c7ccccc7-c7ccccc76)c6ccccc56)c5cc6ccccc6c6ccccc56)cc4c3c2)c1. The van der Waals surface area contributed by atoms with Crippen LogP contribution in [0.5, 0.6) is 0 Å². The van der Waals surface area contributed by atoms with E-state index in [0.29, 0.717) is 0 Å². The van der Waals surface area contributed by atoms with E-state index in [1.807, 2.05) is 23.5 Å². The average Bonchev–Trinajstić information content (AvgIpc) is 1.53. The number of rotatable bonds is 11. The number of benzene rings is 14. The molecule has 1 spiro atoms. The highest BCUT2D eigenvalue weighted by molar-refractivity contribution is 7.25. The third kappa shape index (κ3) is 7.75. The van der Waals surface area contributed by atoms with Crippen LogP contribution in [-0.2, 0) is 5.41 Å². The van der Waals surface area contributed by atoms with E-state index >= 15 is 0 Å². The fourth-order valence-electron chi connectivity index (χ4n) is 14.6. The van der Waals surface area contributed by atoms with Crippen LogP contribution < -0.4 is 14.7 Å². The summed E-state index contributed by atoms with van der Waals surface area (Å²) >= 11 is 1.84. The second kappa shape index (κ2) is 20.1. The highest BCUT2D eigenvalue weighted by atomic mass is 32.1. The molecular formula is C83H55N3S. The van der Waals surface area contributed by atoms with E-state index < -0.39 is 5.41 Å². The van der Waals surface area contributed by atoms with Crippen LogP contribution in [0.1, 0.15) is 33.4 Å². The van der Waals surface area contributed by atoms with Gasteiger partial charge in [0.2, 0.25) is 0 Å². The molecule has 17 rings (SSSR count). The van der Waals surface area contributed by atoms with E-state index in [-0.39, 0.29) is 0 Å². The van der Waals surface area contributed by atoms with Gasteiger partial charge < -0.3 is 14.7 Å². The molecule has 2 aliphatic rings. The molecule has 0 atom stereocenters. The number of anilines is 9. The van der Waals surface area contributed by atoms with E-state index in [2.05, 4.69) is 325 Å². The number of thiophene rings is 1. The minimum Gasteiger partial charge on any atom is -0.310 e. The van der Waals surface area contributed by atoms with Crippen molar-refractivity contribution in [1.29, 1.82) is 0 Å². The Labute approximate surface area is 510 Å². The normalized spacial score (nSPS) is 12.6. The topological polar surface area (TPSA) is 9.72 Å². The average molecular weight is 1130 g/mol. The van der Waals surface area contributed by atoms with Crippen molar-refractivity contribution >= 4 is 127 Å². The molecule has 4 heteroatoms. The van der Waals surface area contributed by atoms with E-state index in [9.17, 15) is 0 Å². The van der Waals surface area contributed by atoms with Crippen LogP contribution in [0, 0.1) is 0 Å². The second-order valence-corrected chi connectivity index (χ2v) is 23.9. The highest BCUT2D eigenvalue weighted by Gasteiger charge is 2.51. The fourth-order valence-corrected chi connectivity index (χ4v) is 15.6. The quantitative estimate of drug-likeness (QED) is 0.120. The minimum atomic E-state index is -0.447. The summed E-state index contributed by atoms with van der Waals surface area (Å²) in [6.45, 7) is 8.37. The number of hydrogen-bond acceptors (Lipinski definition) is 4. The summed E-state index contributed by atoms with van der Waals surface area (Å²) in [5.41, 5.74) is 21.8. The van der Waals surface area contributed by atoms with Gasteiger partial charge in [0.25, 0.3) is 0 Å². The zero-order valence-electron chi connectivity index (χ0n) is 47.6. The predicted molar refractivity (Wildman–Crippen MR) is 372 cm³/mol. The summed E-state index contributed by atoms with van der Waals surface area (Å²) in [5, 5.41) is 9.46. The lowest BCUT2D eigenvalue weighted by Crippen LogP contribution is -2.25. The van der Waals surface area contributed by atoms with Gasteiger partial charge in [0.15, 0.2) is 0 Å². The third-order valence-electron chi connectivity index (χ3n) is 18.3. The van der Waals surface area contributed by atoms with E-state index in [4.69, 9.17) is 0 Å². The third-order valence-corrected chi connectivity index (χ3v) is 19.4. The Bertz CT molecular complexity index is 5280. The Balaban J connectivity index is 0.883. The van der Waals surface area contributed by atoms with Crippen LogP contribution >= 0.6 is 11.3 Å². The van der Waals surface area contributed by atoms with Gasteiger partial charge in [0.05, 0.1) is 22.5 Å². The summed E-state index contributed by atoms with van der Waals surface area (Å²) in [5.74, 6) is 0. The zero-order valence-corrected chi connectivity index (χ0v) is 48.4. The van der Waals surface area contributed by atoms with Crippen LogP contribution in [0.4, 0.5) is 51.2 Å². The van der Waals surface area contributed by atoms with Crippen LogP contribution in [-0.4, -0.2) is 0 Å². The molecule has 0 saturated heterocycles. The first-order valence-corrected chi connectivity index (χ1v) is 30.6. The molecule has 0 fully saturated rings. The molecule has 14 aromatic carbocycles. The van der Waals surface area contributed by atoms with Gasteiger partial charge >= 0.3 is 0 Å². The van der Waals surface area contributed by atoms with Gasteiger partial charge in [0, 0.05) is 70.5 Å². The van der Waals surface area contributed by atoms with Crippen molar-refractivity contribution in [3.63, 3.8) is 0 Å². The lowest BCUT2D eigenvalue weighted by Gasteiger charge is -2.32. The van der Waals surface area contributed by atoms with Crippen molar-refractivity contribution in [3.8, 4) is 22.3 Å². The minimum absolute atomic E-state index is 0.447. The summed E-state index contributed by atoms with van der Waals surface area (Å²) in [6.07, 6.45) is 3.86. The molecular weight excluding hydrogens is 1070 g/mol. The van der Waals surface area contributed by atoms with Crippen LogP contribution in [0.15, 0.2) is 310 Å². The Morgan fingerprint density at radius 2 is 0.690 bits per heavy atom. The molecule has 0 radical (unpaired) electrons. The van der Waals surface area contributed by atoms with Crippen molar-refractivity contribution in [2.24, 2.45) is 0 Å². The second-order valence-electron chi connectivity index (χ2n) is 22.8. The molecule has 0 bridgehead atoms. The van der Waals surface area contributed by atoms with Crippen molar-refractivity contribution in [2.75, 3.05) is 14.7 Å². The molecule has 3 nitrogen and oxygen atoms in total. The lowest BCUT2D eigenvalue weighted by molar-refractivity contribution is 0.794. The van der Waals surface area contributed by atoms with Crippen molar-refractivity contribution < 1.29 is 0 Å². The first-order chi connectivity index (χ1) is 43.0. The number of nitrogens with zero attached hydrogens (tertiary/aromatic N) is 3. The van der Waals surface area contributed by atoms with Gasteiger partial charge in [-0.3, -0.25) is 0 Å². The largest absolute Gasteiger partial charge is 0.310 e. The van der Waals surface area contributed by atoms with Crippen LogP contribution in [0.25, 0.3) is 86.9 Å². The molecule has 0 amide bonds. The maximum atomic E-state index is 4.25. The summed E-state index contributed by atoms with van der Waals surface area (Å²) in [4.78, 5) is 7.34. The molecule has 0 saturated carbocycles. The zero-order chi connectivity index (χ0) is 57.7.